The Hall–Kier alpha value is -2.99. The second-order valence-electron chi connectivity index (χ2n) is 10.5. The molecule has 1 aliphatic rings. The monoisotopic (exact) mass is 506 g/mol. The van der Waals surface area contributed by atoms with Crippen LogP contribution in [0.15, 0.2) is 54.7 Å². The molecule has 37 heavy (non-hydrogen) atoms. The number of aromatic nitrogens is 1. The number of methoxy groups -OCH3 is 1. The quantitative estimate of drug-likeness (QED) is 0.274. The molecule has 0 saturated carbocycles. The van der Waals surface area contributed by atoms with Gasteiger partial charge in [-0.05, 0) is 106 Å². The number of aliphatic carboxylic acids is 1. The maximum Gasteiger partial charge on any atom is 0.303 e. The number of rotatable bonds is 12. The van der Waals surface area contributed by atoms with Gasteiger partial charge in [-0.3, -0.25) is 9.78 Å². The van der Waals surface area contributed by atoms with E-state index < -0.39 is 12.1 Å². The van der Waals surface area contributed by atoms with Gasteiger partial charge in [0.15, 0.2) is 0 Å². The summed E-state index contributed by atoms with van der Waals surface area (Å²) in [6, 6.07) is 15.9. The summed E-state index contributed by atoms with van der Waals surface area (Å²) in [6.07, 6.45) is 5.98. The van der Waals surface area contributed by atoms with Crippen LogP contribution < -0.4 is 4.74 Å². The van der Waals surface area contributed by atoms with Crippen molar-refractivity contribution in [2.24, 2.45) is 11.8 Å². The van der Waals surface area contributed by atoms with Crippen molar-refractivity contribution in [1.82, 2.24) is 9.88 Å². The van der Waals surface area contributed by atoms with Gasteiger partial charge in [0, 0.05) is 24.5 Å². The predicted octanol–water partition coefficient (Wildman–Crippen LogP) is 6.78. The molecular formula is C31H39FN2O3. The summed E-state index contributed by atoms with van der Waals surface area (Å²) in [5.41, 5.74) is 4.05. The zero-order valence-electron chi connectivity index (χ0n) is 22.0. The number of halogens is 1. The first-order valence-corrected chi connectivity index (χ1v) is 13.5. The standard InChI is InChI=1S/C31H39FN2O3/c1-22-6-5-8-23(18-22)7-3-4-16-34-17-14-24(25(21-34)19-31(35)36)9-11-29(32)27-13-15-33-30-12-10-26(37-2)20-28(27)30/h5-6,8,10,12-13,15,18,20,24-25,29H,3-4,7,9,11,14,16-17,19,21H2,1-2H3,(H,35,36)/t24-,25+,29?/m1/s1. The van der Waals surface area contributed by atoms with Gasteiger partial charge in [0.2, 0.25) is 0 Å². The fraction of sp³-hybridized carbons (Fsp3) is 0.484. The van der Waals surface area contributed by atoms with Gasteiger partial charge in [-0.2, -0.15) is 0 Å². The first-order valence-electron chi connectivity index (χ1n) is 13.5. The molecule has 198 valence electrons. The minimum absolute atomic E-state index is 0.0597. The molecule has 2 heterocycles. The van der Waals surface area contributed by atoms with Crippen LogP contribution in [-0.2, 0) is 11.2 Å². The lowest BCUT2D eigenvalue weighted by atomic mass is 9.79. The van der Waals surface area contributed by atoms with E-state index in [2.05, 4.69) is 41.1 Å². The van der Waals surface area contributed by atoms with Gasteiger partial charge in [-0.15, -0.1) is 0 Å². The molecule has 3 atom stereocenters. The van der Waals surface area contributed by atoms with Gasteiger partial charge in [0.1, 0.15) is 11.9 Å². The van der Waals surface area contributed by atoms with Crippen LogP contribution in [0.25, 0.3) is 10.9 Å². The molecule has 0 amide bonds. The van der Waals surface area contributed by atoms with Crippen LogP contribution in [0.5, 0.6) is 5.75 Å². The lowest BCUT2D eigenvalue weighted by molar-refractivity contribution is -0.139. The van der Waals surface area contributed by atoms with E-state index in [1.807, 2.05) is 18.2 Å². The average molecular weight is 507 g/mol. The molecule has 5 nitrogen and oxygen atoms in total. The molecule has 1 aromatic heterocycles. The SMILES string of the molecule is COc1ccc2nccc(C(F)CC[C@@H]3CCN(CCCCc4cccc(C)c4)C[C@@H]3CC(=O)O)c2c1. The predicted molar refractivity (Wildman–Crippen MR) is 146 cm³/mol. The second kappa shape index (κ2) is 13.0. The smallest absolute Gasteiger partial charge is 0.303 e. The van der Waals surface area contributed by atoms with Crippen LogP contribution in [0.4, 0.5) is 4.39 Å². The summed E-state index contributed by atoms with van der Waals surface area (Å²) in [5.74, 6) is 0.201. The summed E-state index contributed by atoms with van der Waals surface area (Å²) in [4.78, 5) is 18.4. The molecule has 0 radical (unpaired) electrons. The van der Waals surface area contributed by atoms with Crippen molar-refractivity contribution in [3.8, 4) is 5.75 Å². The number of piperidine rings is 1. The van der Waals surface area contributed by atoms with Crippen LogP contribution in [0.2, 0.25) is 0 Å². The number of pyridine rings is 1. The molecule has 3 aromatic rings. The van der Waals surface area contributed by atoms with E-state index in [0.29, 0.717) is 24.2 Å². The van der Waals surface area contributed by atoms with Gasteiger partial charge in [0.05, 0.1) is 12.6 Å². The number of ether oxygens (including phenoxy) is 1. The van der Waals surface area contributed by atoms with E-state index in [0.717, 1.165) is 56.2 Å². The number of unbranched alkanes of at least 4 members (excludes halogenated alkanes) is 1. The zero-order chi connectivity index (χ0) is 26.2. The van der Waals surface area contributed by atoms with Crippen LogP contribution in [0, 0.1) is 18.8 Å². The molecule has 1 fully saturated rings. The minimum Gasteiger partial charge on any atom is -0.497 e. The average Bonchev–Trinajstić information content (AvgIpc) is 2.89. The van der Waals surface area contributed by atoms with Crippen LogP contribution >= 0.6 is 0 Å². The van der Waals surface area contributed by atoms with Crippen LogP contribution in [-0.4, -0.2) is 47.7 Å². The Kier molecular flexibility index (Phi) is 9.51. The van der Waals surface area contributed by atoms with Gasteiger partial charge < -0.3 is 14.7 Å². The molecule has 4 rings (SSSR count). The number of hydrogen-bond acceptors (Lipinski definition) is 4. The third kappa shape index (κ3) is 7.51. The summed E-state index contributed by atoms with van der Waals surface area (Å²) in [5, 5.41) is 10.3. The summed E-state index contributed by atoms with van der Waals surface area (Å²) < 4.78 is 20.8. The lowest BCUT2D eigenvalue weighted by Gasteiger charge is -2.38. The molecule has 1 saturated heterocycles. The van der Waals surface area contributed by atoms with Crippen molar-refractivity contribution in [3.63, 3.8) is 0 Å². The summed E-state index contributed by atoms with van der Waals surface area (Å²) in [6.45, 7) is 4.86. The number of benzene rings is 2. The maximum absolute atomic E-state index is 15.5. The highest BCUT2D eigenvalue weighted by atomic mass is 19.1. The highest BCUT2D eigenvalue weighted by Crippen LogP contribution is 2.36. The number of fused-ring (bicyclic) bond motifs is 1. The third-order valence-corrected chi connectivity index (χ3v) is 7.80. The third-order valence-electron chi connectivity index (χ3n) is 7.80. The van der Waals surface area contributed by atoms with E-state index in [1.165, 1.54) is 11.1 Å². The topological polar surface area (TPSA) is 62.7 Å². The number of aryl methyl sites for hydroxylation is 2. The van der Waals surface area contributed by atoms with E-state index in [1.54, 1.807) is 19.4 Å². The Labute approximate surface area is 219 Å². The van der Waals surface area contributed by atoms with Gasteiger partial charge in [-0.1, -0.05) is 29.8 Å². The molecule has 0 bridgehead atoms. The maximum atomic E-state index is 15.5. The first-order chi connectivity index (χ1) is 17.9. The number of carbonyl (C=O) groups is 1. The van der Waals surface area contributed by atoms with Crippen molar-refractivity contribution >= 4 is 16.9 Å². The number of carboxylic acids is 1. The Balaban J connectivity index is 1.31. The second-order valence-corrected chi connectivity index (χ2v) is 10.5. The van der Waals surface area contributed by atoms with E-state index >= 15 is 4.39 Å². The molecule has 0 spiro atoms. The van der Waals surface area contributed by atoms with Crippen molar-refractivity contribution < 1.29 is 19.0 Å². The molecule has 6 heteroatoms. The Bertz CT molecular complexity index is 1180. The largest absolute Gasteiger partial charge is 0.497 e. The molecule has 2 aromatic carbocycles. The Morgan fingerprint density at radius 1 is 1.19 bits per heavy atom. The first kappa shape index (κ1) is 27.1. The van der Waals surface area contributed by atoms with Crippen LogP contribution in [0.1, 0.15) is 61.4 Å². The fourth-order valence-electron chi connectivity index (χ4n) is 5.79. The molecule has 1 N–H and O–H groups in total. The number of alkyl halides is 1. The highest BCUT2D eigenvalue weighted by Gasteiger charge is 2.31. The Morgan fingerprint density at radius 3 is 2.84 bits per heavy atom. The van der Waals surface area contributed by atoms with E-state index in [9.17, 15) is 9.90 Å². The number of hydrogen-bond donors (Lipinski definition) is 1. The summed E-state index contributed by atoms with van der Waals surface area (Å²) in [7, 11) is 1.60. The van der Waals surface area contributed by atoms with E-state index in [-0.39, 0.29) is 18.3 Å². The summed E-state index contributed by atoms with van der Waals surface area (Å²) >= 11 is 0. The molecular weight excluding hydrogens is 467 g/mol. The Morgan fingerprint density at radius 2 is 2.05 bits per heavy atom. The van der Waals surface area contributed by atoms with Gasteiger partial charge >= 0.3 is 5.97 Å². The van der Waals surface area contributed by atoms with Crippen molar-refractivity contribution in [2.75, 3.05) is 26.7 Å². The highest BCUT2D eigenvalue weighted by molar-refractivity contribution is 5.83. The van der Waals surface area contributed by atoms with Gasteiger partial charge in [0.25, 0.3) is 0 Å². The van der Waals surface area contributed by atoms with Crippen molar-refractivity contribution in [3.05, 3.63) is 71.4 Å². The molecule has 0 aliphatic carbocycles. The number of carboxylic acid groups (broad SMARTS) is 1. The minimum atomic E-state index is -1.12. The molecule has 1 unspecified atom stereocenters. The van der Waals surface area contributed by atoms with Crippen LogP contribution in [0.3, 0.4) is 0 Å². The fourth-order valence-corrected chi connectivity index (χ4v) is 5.79. The van der Waals surface area contributed by atoms with Gasteiger partial charge in [-0.25, -0.2) is 4.39 Å². The number of likely N-dealkylation sites (tertiary alicyclic amines) is 1. The van der Waals surface area contributed by atoms with Crippen molar-refractivity contribution in [1.29, 1.82) is 0 Å². The lowest BCUT2D eigenvalue weighted by Crippen LogP contribution is -2.41. The molecule has 1 aliphatic heterocycles. The number of nitrogens with zero attached hydrogens (tertiary/aromatic N) is 2. The van der Waals surface area contributed by atoms with E-state index in [4.69, 9.17) is 4.74 Å². The van der Waals surface area contributed by atoms with Crippen molar-refractivity contribution in [2.45, 2.75) is 58.0 Å². The zero-order valence-corrected chi connectivity index (χ0v) is 22.0. The normalized spacial score (nSPS) is 19.1.